The van der Waals surface area contributed by atoms with Gasteiger partial charge in [-0.2, -0.15) is 0 Å². The average Bonchev–Trinajstić information content (AvgIpc) is 2.18. The zero-order chi connectivity index (χ0) is 11.4. The van der Waals surface area contributed by atoms with Gasteiger partial charge < -0.3 is 10.8 Å². The van der Waals surface area contributed by atoms with Crippen molar-refractivity contribution in [3.8, 4) is 0 Å². The van der Waals surface area contributed by atoms with Crippen LogP contribution in [0.25, 0.3) is 0 Å². The quantitative estimate of drug-likeness (QED) is 0.376. The first-order valence-electron chi connectivity index (χ1n) is 4.20. The Morgan fingerprint density at radius 2 is 1.80 bits per heavy atom. The predicted molar refractivity (Wildman–Crippen MR) is 53.7 cm³/mol. The lowest BCUT2D eigenvalue weighted by molar-refractivity contribution is -0.149. The maximum Gasteiger partial charge on any atom is 0.373 e. The zero-order valence-corrected chi connectivity index (χ0v) is 7.81. The molecule has 0 aromatic heterocycles. The van der Waals surface area contributed by atoms with Crippen LogP contribution in [0.15, 0.2) is 30.3 Å². The minimum absolute atomic E-state index is 0.414. The van der Waals surface area contributed by atoms with Crippen LogP contribution in [-0.2, 0) is 9.59 Å². The van der Waals surface area contributed by atoms with Crippen molar-refractivity contribution < 1.29 is 14.7 Å². The number of carboxylic acid groups (broad SMARTS) is 1. The molecule has 1 rings (SSSR count). The van der Waals surface area contributed by atoms with Gasteiger partial charge in [-0.25, -0.2) is 4.79 Å². The molecule has 1 atom stereocenters. The number of nitrogens with two attached hydrogens (primary N) is 1. The van der Waals surface area contributed by atoms with Gasteiger partial charge in [0.1, 0.15) is 11.8 Å². The van der Waals surface area contributed by atoms with Crippen LogP contribution in [0.5, 0.6) is 0 Å². The highest BCUT2D eigenvalue weighted by Gasteiger charge is 2.28. The molecule has 1 unspecified atom stereocenters. The first kappa shape index (κ1) is 10.9. The topological polar surface area (TPSA) is 104 Å². The molecule has 0 bridgehead atoms. The molecule has 0 radical (unpaired) electrons. The van der Waals surface area contributed by atoms with Crippen molar-refractivity contribution in [3.05, 3.63) is 35.9 Å². The number of ketones is 1. The van der Waals surface area contributed by atoms with E-state index in [1.165, 1.54) is 0 Å². The Hall–Kier alpha value is -2.17. The number of aliphatic carboxylic acids is 1. The molecule has 1 aromatic rings. The van der Waals surface area contributed by atoms with Crippen molar-refractivity contribution >= 4 is 17.6 Å². The first-order chi connectivity index (χ1) is 7.04. The number of benzene rings is 1. The molecule has 5 heteroatoms. The lowest BCUT2D eigenvalue weighted by Crippen LogP contribution is -2.32. The third-order valence-corrected chi connectivity index (χ3v) is 1.92. The van der Waals surface area contributed by atoms with Crippen molar-refractivity contribution in [3.63, 3.8) is 0 Å². The highest BCUT2D eigenvalue weighted by Crippen LogP contribution is 2.16. The molecule has 0 amide bonds. The van der Waals surface area contributed by atoms with Crippen molar-refractivity contribution in [1.82, 2.24) is 0 Å². The summed E-state index contributed by atoms with van der Waals surface area (Å²) >= 11 is 0. The van der Waals surface area contributed by atoms with Crippen LogP contribution < -0.4 is 5.73 Å². The number of amidine groups is 1. The van der Waals surface area contributed by atoms with E-state index in [2.05, 4.69) is 0 Å². The summed E-state index contributed by atoms with van der Waals surface area (Å²) in [4.78, 5) is 21.8. The molecular formula is C10H10N2O3. The number of carbonyl (C=O) groups excluding carboxylic acids is 1. The van der Waals surface area contributed by atoms with Crippen LogP contribution in [0.3, 0.4) is 0 Å². The first-order valence-corrected chi connectivity index (χ1v) is 4.20. The second-order valence-corrected chi connectivity index (χ2v) is 2.97. The average molecular weight is 206 g/mol. The Morgan fingerprint density at radius 1 is 1.27 bits per heavy atom. The molecule has 5 nitrogen and oxygen atoms in total. The zero-order valence-electron chi connectivity index (χ0n) is 7.81. The highest BCUT2D eigenvalue weighted by atomic mass is 16.4. The second kappa shape index (κ2) is 4.36. The molecule has 15 heavy (non-hydrogen) atoms. The SMILES string of the molecule is N=C(N)C(C(=O)C(=O)O)c1ccccc1. The van der Waals surface area contributed by atoms with Gasteiger partial charge in [-0.05, 0) is 5.56 Å². The van der Waals surface area contributed by atoms with Crippen LogP contribution in [0.2, 0.25) is 0 Å². The number of hydrogen-bond donors (Lipinski definition) is 3. The van der Waals surface area contributed by atoms with Crippen LogP contribution >= 0.6 is 0 Å². The Bertz CT molecular complexity index is 400. The fourth-order valence-corrected chi connectivity index (χ4v) is 1.24. The van der Waals surface area contributed by atoms with E-state index in [0.717, 1.165) is 0 Å². The fraction of sp³-hybridized carbons (Fsp3) is 0.100. The number of carbonyl (C=O) groups is 2. The summed E-state index contributed by atoms with van der Waals surface area (Å²) in [6, 6.07) is 8.16. The summed E-state index contributed by atoms with van der Waals surface area (Å²) in [5.41, 5.74) is 5.62. The highest BCUT2D eigenvalue weighted by molar-refractivity contribution is 6.39. The molecule has 0 aliphatic carbocycles. The van der Waals surface area contributed by atoms with E-state index >= 15 is 0 Å². The van der Waals surface area contributed by atoms with Gasteiger partial charge in [0.2, 0.25) is 0 Å². The van der Waals surface area contributed by atoms with Gasteiger partial charge in [0.15, 0.2) is 0 Å². The van der Waals surface area contributed by atoms with E-state index in [1.54, 1.807) is 30.3 Å². The third kappa shape index (κ3) is 2.40. The molecule has 0 fully saturated rings. The smallest absolute Gasteiger partial charge is 0.373 e. The number of Topliss-reactive ketones (excluding diaryl/α,β-unsaturated/α-hetero) is 1. The molecule has 0 saturated heterocycles. The maximum absolute atomic E-state index is 11.3. The lowest BCUT2D eigenvalue weighted by atomic mass is 9.94. The van der Waals surface area contributed by atoms with E-state index < -0.39 is 23.5 Å². The molecule has 4 N–H and O–H groups in total. The Kier molecular flexibility index (Phi) is 3.17. The maximum atomic E-state index is 11.3. The van der Waals surface area contributed by atoms with E-state index in [4.69, 9.17) is 16.2 Å². The van der Waals surface area contributed by atoms with E-state index in [0.29, 0.717) is 5.56 Å². The van der Waals surface area contributed by atoms with Gasteiger partial charge in [0, 0.05) is 0 Å². The standard InChI is InChI=1S/C10H10N2O3/c11-9(12)7(8(13)10(14)15)6-4-2-1-3-5-6/h1-5,7H,(H3,11,12)(H,14,15). The number of carboxylic acids is 1. The summed E-state index contributed by atoms with van der Waals surface area (Å²) in [5.74, 6) is -4.33. The van der Waals surface area contributed by atoms with Gasteiger partial charge in [-0.15, -0.1) is 0 Å². The molecule has 0 heterocycles. The lowest BCUT2D eigenvalue weighted by Gasteiger charge is -2.11. The van der Waals surface area contributed by atoms with Crippen molar-refractivity contribution in [2.45, 2.75) is 5.92 Å². The molecule has 0 spiro atoms. The number of hydrogen-bond acceptors (Lipinski definition) is 3. The molecule has 78 valence electrons. The minimum Gasteiger partial charge on any atom is -0.475 e. The van der Waals surface area contributed by atoms with Crippen molar-refractivity contribution in [2.75, 3.05) is 0 Å². The second-order valence-electron chi connectivity index (χ2n) is 2.97. The summed E-state index contributed by atoms with van der Waals surface area (Å²) in [5, 5.41) is 15.8. The molecule has 1 aromatic carbocycles. The van der Waals surface area contributed by atoms with Gasteiger partial charge in [0.05, 0.1) is 0 Å². The molecule has 0 aliphatic rings. The van der Waals surface area contributed by atoms with Crippen LogP contribution in [0.1, 0.15) is 11.5 Å². The molecule has 0 saturated carbocycles. The van der Waals surface area contributed by atoms with E-state index in [1.807, 2.05) is 0 Å². The van der Waals surface area contributed by atoms with Gasteiger partial charge in [0.25, 0.3) is 5.78 Å². The monoisotopic (exact) mass is 206 g/mol. The van der Waals surface area contributed by atoms with Crippen molar-refractivity contribution in [2.24, 2.45) is 5.73 Å². The van der Waals surface area contributed by atoms with Crippen LogP contribution in [0.4, 0.5) is 0 Å². The van der Waals surface area contributed by atoms with Gasteiger partial charge in [-0.1, -0.05) is 30.3 Å². The Balaban J connectivity index is 3.10. The number of nitrogens with one attached hydrogen (secondary N) is 1. The Labute approximate surface area is 86.0 Å². The minimum atomic E-state index is -1.58. The summed E-state index contributed by atoms with van der Waals surface area (Å²) < 4.78 is 0. The molecular weight excluding hydrogens is 196 g/mol. The summed E-state index contributed by atoms with van der Waals surface area (Å²) in [6.45, 7) is 0. The summed E-state index contributed by atoms with van der Waals surface area (Å²) in [6.07, 6.45) is 0. The van der Waals surface area contributed by atoms with Gasteiger partial charge in [-0.3, -0.25) is 10.2 Å². The largest absolute Gasteiger partial charge is 0.475 e. The summed E-state index contributed by atoms with van der Waals surface area (Å²) in [7, 11) is 0. The normalized spacial score (nSPS) is 11.7. The van der Waals surface area contributed by atoms with Crippen molar-refractivity contribution in [1.29, 1.82) is 5.41 Å². The third-order valence-electron chi connectivity index (χ3n) is 1.92. The molecule has 0 aliphatic heterocycles. The van der Waals surface area contributed by atoms with Crippen LogP contribution in [-0.4, -0.2) is 22.7 Å². The van der Waals surface area contributed by atoms with E-state index in [9.17, 15) is 9.59 Å². The van der Waals surface area contributed by atoms with Crippen LogP contribution in [0, 0.1) is 5.41 Å². The number of rotatable bonds is 4. The predicted octanol–water partition coefficient (Wildman–Crippen LogP) is 0.360. The Morgan fingerprint density at radius 3 is 2.20 bits per heavy atom. The fourth-order valence-electron chi connectivity index (χ4n) is 1.24. The van der Waals surface area contributed by atoms with E-state index in [-0.39, 0.29) is 0 Å². The van der Waals surface area contributed by atoms with Gasteiger partial charge >= 0.3 is 5.97 Å².